The Labute approximate surface area is 126 Å². The van der Waals surface area contributed by atoms with Crippen LogP contribution < -0.4 is 5.43 Å². The first kappa shape index (κ1) is 15.2. The zero-order valence-corrected chi connectivity index (χ0v) is 11.7. The lowest BCUT2D eigenvalue weighted by molar-refractivity contribution is -0.384. The van der Waals surface area contributed by atoms with Gasteiger partial charge < -0.3 is 5.11 Å². The zero-order valence-electron chi connectivity index (χ0n) is 11.7. The minimum absolute atomic E-state index is 0.0633. The quantitative estimate of drug-likeness (QED) is 0.514. The number of nitrogens with one attached hydrogen (secondary N) is 1. The molecule has 0 aliphatic carbocycles. The number of amides is 1. The van der Waals surface area contributed by atoms with E-state index in [0.717, 1.165) is 0 Å². The van der Waals surface area contributed by atoms with Crippen LogP contribution >= 0.6 is 0 Å². The van der Waals surface area contributed by atoms with Gasteiger partial charge in [0.1, 0.15) is 5.75 Å². The topological polar surface area (TPSA) is 105 Å². The first-order chi connectivity index (χ1) is 10.5. The van der Waals surface area contributed by atoms with Crippen LogP contribution in [0.2, 0.25) is 0 Å². The number of nitro benzene ring substituents is 1. The molecular formula is C15H13N3O4. The summed E-state index contributed by atoms with van der Waals surface area (Å²) in [6.45, 7) is 1.64. The molecule has 7 nitrogen and oxygen atoms in total. The molecule has 0 saturated heterocycles. The van der Waals surface area contributed by atoms with E-state index >= 15 is 0 Å². The smallest absolute Gasteiger partial charge is 0.271 e. The normalized spacial score (nSPS) is 11.0. The van der Waals surface area contributed by atoms with Crippen molar-refractivity contribution < 1.29 is 14.8 Å². The number of nitrogens with zero attached hydrogens (tertiary/aromatic N) is 2. The molecule has 0 radical (unpaired) electrons. The van der Waals surface area contributed by atoms with Gasteiger partial charge in [0, 0.05) is 23.3 Å². The standard InChI is InChI=1S/C15H13N3O4/c1-10(13-4-2-3-5-14(13)19)16-17-15(20)11-6-8-12(9-7-11)18(21)22/h2-9,19H,1H3,(H,17,20)/b16-10-. The van der Waals surface area contributed by atoms with E-state index in [2.05, 4.69) is 10.5 Å². The SMILES string of the molecule is C/C(=N/NC(=O)c1ccc([N+](=O)[O-])cc1)c1ccccc1O. The van der Waals surface area contributed by atoms with Crippen LogP contribution in [0.25, 0.3) is 0 Å². The van der Waals surface area contributed by atoms with Crippen LogP contribution in [0.15, 0.2) is 53.6 Å². The number of hydrogen-bond acceptors (Lipinski definition) is 5. The Morgan fingerprint density at radius 2 is 1.82 bits per heavy atom. The molecule has 0 fully saturated rings. The summed E-state index contributed by atoms with van der Waals surface area (Å²) in [6.07, 6.45) is 0. The number of rotatable bonds is 4. The summed E-state index contributed by atoms with van der Waals surface area (Å²) < 4.78 is 0. The fourth-order valence-corrected chi connectivity index (χ4v) is 1.77. The largest absolute Gasteiger partial charge is 0.507 e. The van der Waals surface area contributed by atoms with Crippen LogP contribution in [0, 0.1) is 10.1 Å². The molecule has 2 N–H and O–H groups in total. The highest BCUT2D eigenvalue weighted by atomic mass is 16.6. The fourth-order valence-electron chi connectivity index (χ4n) is 1.77. The van der Waals surface area contributed by atoms with Crippen molar-refractivity contribution >= 4 is 17.3 Å². The molecule has 112 valence electrons. The van der Waals surface area contributed by atoms with Gasteiger partial charge in [-0.1, -0.05) is 12.1 Å². The Bertz CT molecular complexity index is 739. The molecule has 0 aliphatic rings. The lowest BCUT2D eigenvalue weighted by Gasteiger charge is -2.04. The van der Waals surface area contributed by atoms with E-state index in [1.807, 2.05) is 0 Å². The molecule has 22 heavy (non-hydrogen) atoms. The van der Waals surface area contributed by atoms with Crippen LogP contribution in [0.4, 0.5) is 5.69 Å². The van der Waals surface area contributed by atoms with E-state index in [1.54, 1.807) is 25.1 Å². The van der Waals surface area contributed by atoms with E-state index < -0.39 is 10.8 Å². The molecule has 0 unspecified atom stereocenters. The Balaban J connectivity index is 2.10. The number of aromatic hydroxyl groups is 1. The summed E-state index contributed by atoms with van der Waals surface area (Å²) in [5.41, 5.74) is 3.44. The van der Waals surface area contributed by atoms with Crippen molar-refractivity contribution in [3.8, 4) is 5.75 Å². The lowest BCUT2D eigenvalue weighted by Crippen LogP contribution is -2.19. The van der Waals surface area contributed by atoms with E-state index in [4.69, 9.17) is 0 Å². The molecule has 0 atom stereocenters. The third-order valence-corrected chi connectivity index (χ3v) is 2.96. The number of non-ortho nitro benzene ring substituents is 1. The van der Waals surface area contributed by atoms with E-state index in [1.165, 1.54) is 30.3 Å². The van der Waals surface area contributed by atoms with Gasteiger partial charge in [0.2, 0.25) is 0 Å². The number of nitro groups is 1. The van der Waals surface area contributed by atoms with E-state index in [9.17, 15) is 20.0 Å². The summed E-state index contributed by atoms with van der Waals surface area (Å²) in [6, 6.07) is 11.8. The van der Waals surface area contributed by atoms with Crippen molar-refractivity contribution in [2.24, 2.45) is 5.10 Å². The summed E-state index contributed by atoms with van der Waals surface area (Å²) in [5.74, 6) is -0.432. The van der Waals surface area contributed by atoms with Crippen LogP contribution in [-0.4, -0.2) is 21.6 Å². The maximum Gasteiger partial charge on any atom is 0.271 e. The maximum atomic E-state index is 11.9. The van der Waals surface area contributed by atoms with Crippen LogP contribution in [0.1, 0.15) is 22.8 Å². The highest BCUT2D eigenvalue weighted by Crippen LogP contribution is 2.16. The minimum Gasteiger partial charge on any atom is -0.507 e. The number of carbonyl (C=O) groups excluding carboxylic acids is 1. The monoisotopic (exact) mass is 299 g/mol. The van der Waals surface area contributed by atoms with Gasteiger partial charge in [-0.25, -0.2) is 5.43 Å². The van der Waals surface area contributed by atoms with Crippen molar-refractivity contribution in [3.05, 3.63) is 69.8 Å². The van der Waals surface area contributed by atoms with Crippen LogP contribution in [0.5, 0.6) is 5.75 Å². The Morgan fingerprint density at radius 1 is 1.18 bits per heavy atom. The number of para-hydroxylation sites is 1. The second kappa shape index (κ2) is 6.49. The summed E-state index contributed by atoms with van der Waals surface area (Å²) in [5, 5.41) is 24.1. The second-order valence-electron chi connectivity index (χ2n) is 4.46. The van der Waals surface area contributed by atoms with Gasteiger partial charge in [-0.05, 0) is 31.2 Å². The second-order valence-corrected chi connectivity index (χ2v) is 4.46. The van der Waals surface area contributed by atoms with E-state index in [0.29, 0.717) is 11.3 Å². The molecule has 2 aromatic carbocycles. The number of phenolic OH excluding ortho intramolecular Hbond substituents is 1. The van der Waals surface area contributed by atoms with Gasteiger partial charge in [-0.15, -0.1) is 0 Å². The number of hydrazone groups is 1. The predicted molar refractivity (Wildman–Crippen MR) is 80.9 cm³/mol. The number of phenols is 1. The average molecular weight is 299 g/mol. The van der Waals surface area contributed by atoms with E-state index in [-0.39, 0.29) is 17.0 Å². The van der Waals surface area contributed by atoms with Crippen molar-refractivity contribution in [2.45, 2.75) is 6.92 Å². The molecule has 1 amide bonds. The summed E-state index contributed by atoms with van der Waals surface area (Å²) in [7, 11) is 0. The molecule has 7 heteroatoms. The van der Waals surface area contributed by atoms with Crippen molar-refractivity contribution in [2.75, 3.05) is 0 Å². The van der Waals surface area contributed by atoms with Gasteiger partial charge in [0.25, 0.3) is 11.6 Å². The molecule has 0 aromatic heterocycles. The minimum atomic E-state index is -0.540. The molecule has 2 aromatic rings. The average Bonchev–Trinajstić information content (AvgIpc) is 2.52. The fraction of sp³-hybridized carbons (Fsp3) is 0.0667. The van der Waals surface area contributed by atoms with Crippen molar-refractivity contribution in [3.63, 3.8) is 0 Å². The van der Waals surface area contributed by atoms with Gasteiger partial charge in [0.15, 0.2) is 0 Å². The molecule has 0 aliphatic heterocycles. The van der Waals surface area contributed by atoms with Crippen LogP contribution in [0.3, 0.4) is 0 Å². The lowest BCUT2D eigenvalue weighted by atomic mass is 10.1. The first-order valence-electron chi connectivity index (χ1n) is 6.36. The number of hydrogen-bond donors (Lipinski definition) is 2. The van der Waals surface area contributed by atoms with Gasteiger partial charge >= 0.3 is 0 Å². The molecule has 0 spiro atoms. The molecule has 0 bridgehead atoms. The highest BCUT2D eigenvalue weighted by Gasteiger charge is 2.09. The zero-order chi connectivity index (χ0) is 16.1. The first-order valence-corrected chi connectivity index (χ1v) is 6.36. The van der Waals surface area contributed by atoms with Gasteiger partial charge in [-0.2, -0.15) is 5.10 Å². The molecule has 0 saturated carbocycles. The molecule has 0 heterocycles. The van der Waals surface area contributed by atoms with Gasteiger partial charge in [-0.3, -0.25) is 14.9 Å². The highest BCUT2D eigenvalue weighted by molar-refractivity contribution is 6.02. The molecule has 2 rings (SSSR count). The maximum absolute atomic E-state index is 11.9. The number of carbonyl (C=O) groups is 1. The Hall–Kier alpha value is -3.22. The number of benzene rings is 2. The third-order valence-electron chi connectivity index (χ3n) is 2.96. The van der Waals surface area contributed by atoms with Crippen LogP contribution in [-0.2, 0) is 0 Å². The Morgan fingerprint density at radius 3 is 2.41 bits per heavy atom. The Kier molecular flexibility index (Phi) is 4.47. The van der Waals surface area contributed by atoms with Crippen molar-refractivity contribution in [1.82, 2.24) is 5.43 Å². The van der Waals surface area contributed by atoms with Gasteiger partial charge in [0.05, 0.1) is 10.6 Å². The third kappa shape index (κ3) is 3.45. The predicted octanol–water partition coefficient (Wildman–Crippen LogP) is 2.45. The summed E-state index contributed by atoms with van der Waals surface area (Å²) >= 11 is 0. The molecular weight excluding hydrogens is 286 g/mol. The van der Waals surface area contributed by atoms with Crippen molar-refractivity contribution in [1.29, 1.82) is 0 Å². The summed E-state index contributed by atoms with van der Waals surface area (Å²) in [4.78, 5) is 21.9.